The monoisotopic (exact) mass is 256 g/mol. The van der Waals surface area contributed by atoms with E-state index in [1.807, 2.05) is 0 Å². The van der Waals surface area contributed by atoms with Crippen molar-refractivity contribution in [3.63, 3.8) is 0 Å². The second-order valence-corrected chi connectivity index (χ2v) is 3.49. The lowest BCUT2D eigenvalue weighted by Crippen LogP contribution is -2.19. The summed E-state index contributed by atoms with van der Waals surface area (Å²) in [6, 6.07) is 1.02. The summed E-state index contributed by atoms with van der Waals surface area (Å²) in [6.07, 6.45) is 0.517. The largest absolute Gasteiger partial charge is 0.477 e. The van der Waals surface area contributed by atoms with Gasteiger partial charge in [-0.05, 0) is 6.92 Å². The predicted octanol–water partition coefficient (Wildman–Crippen LogP) is 1.10. The van der Waals surface area contributed by atoms with Crippen molar-refractivity contribution in [2.24, 2.45) is 0 Å². The van der Waals surface area contributed by atoms with Crippen LogP contribution < -0.4 is 4.74 Å². The van der Waals surface area contributed by atoms with Crippen molar-refractivity contribution in [2.45, 2.75) is 13.0 Å². The van der Waals surface area contributed by atoms with E-state index in [4.69, 9.17) is 14.6 Å². The number of carbonyl (C=O) groups is 1. The fourth-order valence-corrected chi connectivity index (χ4v) is 1.29. The Morgan fingerprint density at radius 2 is 2.33 bits per heavy atom. The zero-order chi connectivity index (χ0) is 13.7. The summed E-state index contributed by atoms with van der Waals surface area (Å²) in [7, 11) is 1.49. The molecular weight excluding hydrogens is 244 g/mol. The molecule has 0 aliphatic heterocycles. The average molecular weight is 256 g/mol. The number of ether oxygens (including phenoxy) is 2. The van der Waals surface area contributed by atoms with E-state index < -0.39 is 22.1 Å². The minimum Gasteiger partial charge on any atom is -0.477 e. The summed E-state index contributed by atoms with van der Waals surface area (Å²) in [5, 5.41) is 19.5. The van der Waals surface area contributed by atoms with E-state index in [1.165, 1.54) is 7.11 Å². The van der Waals surface area contributed by atoms with E-state index in [2.05, 4.69) is 4.98 Å². The third-order valence-corrected chi connectivity index (χ3v) is 2.01. The van der Waals surface area contributed by atoms with Gasteiger partial charge in [-0.1, -0.05) is 0 Å². The van der Waals surface area contributed by atoms with Crippen LogP contribution in [0.4, 0.5) is 5.69 Å². The molecule has 8 nitrogen and oxygen atoms in total. The van der Waals surface area contributed by atoms with E-state index in [0.717, 1.165) is 12.3 Å². The molecule has 1 rings (SSSR count). The number of aromatic carboxylic acids is 1. The number of pyridine rings is 1. The highest BCUT2D eigenvalue weighted by Crippen LogP contribution is 2.21. The average Bonchev–Trinajstić information content (AvgIpc) is 2.28. The Morgan fingerprint density at radius 1 is 1.67 bits per heavy atom. The van der Waals surface area contributed by atoms with E-state index in [0.29, 0.717) is 6.61 Å². The van der Waals surface area contributed by atoms with Gasteiger partial charge in [0.1, 0.15) is 17.9 Å². The molecule has 0 aliphatic carbocycles. The van der Waals surface area contributed by atoms with Crippen LogP contribution in [0.3, 0.4) is 0 Å². The molecule has 0 saturated carbocycles. The Labute approximate surface area is 102 Å². The molecule has 0 aromatic carbocycles. The SMILES string of the molecule is COCC(C)Oc1cc(C(=O)O)c([N+](=O)[O-])cn1. The zero-order valence-corrected chi connectivity index (χ0v) is 9.82. The van der Waals surface area contributed by atoms with Gasteiger partial charge in [0, 0.05) is 13.2 Å². The first-order valence-electron chi connectivity index (χ1n) is 4.99. The van der Waals surface area contributed by atoms with Crippen LogP contribution in [0.1, 0.15) is 17.3 Å². The number of hydrogen-bond acceptors (Lipinski definition) is 6. The third kappa shape index (κ3) is 3.39. The lowest BCUT2D eigenvalue weighted by molar-refractivity contribution is -0.385. The summed E-state index contributed by atoms with van der Waals surface area (Å²) in [5.41, 5.74) is -1.04. The first-order valence-corrected chi connectivity index (χ1v) is 4.99. The van der Waals surface area contributed by atoms with Gasteiger partial charge in [0.05, 0.1) is 11.5 Å². The molecule has 0 saturated heterocycles. The van der Waals surface area contributed by atoms with Gasteiger partial charge in [-0.2, -0.15) is 0 Å². The maximum absolute atomic E-state index is 10.9. The summed E-state index contributed by atoms with van der Waals surface area (Å²) in [5.74, 6) is -1.41. The number of nitrogens with zero attached hydrogens (tertiary/aromatic N) is 2. The maximum atomic E-state index is 10.9. The maximum Gasteiger partial charge on any atom is 0.342 e. The van der Waals surface area contributed by atoms with Gasteiger partial charge in [0.25, 0.3) is 0 Å². The van der Waals surface area contributed by atoms with Crippen LogP contribution in [-0.2, 0) is 4.74 Å². The van der Waals surface area contributed by atoms with Crippen molar-refractivity contribution >= 4 is 11.7 Å². The standard InChI is InChI=1S/C10H12N2O6/c1-6(5-17-2)18-9-3-7(10(13)14)8(4-11-9)12(15)16/h3-4,6H,5H2,1-2H3,(H,13,14). The number of rotatable bonds is 6. The minimum absolute atomic E-state index is 0.00236. The lowest BCUT2D eigenvalue weighted by atomic mass is 10.2. The molecule has 0 radical (unpaired) electrons. The van der Waals surface area contributed by atoms with Crippen LogP contribution in [-0.4, -0.2) is 40.8 Å². The van der Waals surface area contributed by atoms with Gasteiger partial charge < -0.3 is 14.6 Å². The second-order valence-electron chi connectivity index (χ2n) is 3.49. The number of carboxylic acids is 1. The van der Waals surface area contributed by atoms with Gasteiger partial charge in [0.2, 0.25) is 5.88 Å². The molecular formula is C10H12N2O6. The zero-order valence-electron chi connectivity index (χ0n) is 9.82. The van der Waals surface area contributed by atoms with Crippen molar-refractivity contribution in [1.82, 2.24) is 4.98 Å². The molecule has 1 aromatic heterocycles. The molecule has 0 fully saturated rings. The van der Waals surface area contributed by atoms with Crippen molar-refractivity contribution in [3.05, 3.63) is 27.9 Å². The lowest BCUT2D eigenvalue weighted by Gasteiger charge is -2.12. The summed E-state index contributed by atoms with van der Waals surface area (Å²) >= 11 is 0. The Balaban J connectivity index is 3.00. The van der Waals surface area contributed by atoms with Crippen LogP contribution in [0, 0.1) is 10.1 Å². The Bertz CT molecular complexity index is 462. The molecule has 98 valence electrons. The second kappa shape index (κ2) is 5.92. The van der Waals surface area contributed by atoms with E-state index in [1.54, 1.807) is 6.92 Å². The molecule has 1 unspecified atom stereocenters. The van der Waals surface area contributed by atoms with Crippen LogP contribution >= 0.6 is 0 Å². The number of methoxy groups -OCH3 is 1. The van der Waals surface area contributed by atoms with Crippen LogP contribution in [0.15, 0.2) is 12.3 Å². The molecule has 1 heterocycles. The number of aromatic nitrogens is 1. The smallest absolute Gasteiger partial charge is 0.342 e. The number of nitro groups is 1. The Morgan fingerprint density at radius 3 is 2.83 bits per heavy atom. The highest BCUT2D eigenvalue weighted by molar-refractivity contribution is 5.92. The molecule has 8 heteroatoms. The highest BCUT2D eigenvalue weighted by Gasteiger charge is 2.22. The van der Waals surface area contributed by atoms with E-state index in [9.17, 15) is 14.9 Å². The van der Waals surface area contributed by atoms with Gasteiger partial charge in [0.15, 0.2) is 0 Å². The molecule has 0 bridgehead atoms. The van der Waals surface area contributed by atoms with Gasteiger partial charge >= 0.3 is 11.7 Å². The minimum atomic E-state index is -1.41. The summed E-state index contributed by atoms with van der Waals surface area (Å²) in [6.45, 7) is 1.99. The fourth-order valence-electron chi connectivity index (χ4n) is 1.29. The van der Waals surface area contributed by atoms with Crippen LogP contribution in [0.5, 0.6) is 5.88 Å². The van der Waals surface area contributed by atoms with Gasteiger partial charge in [-0.25, -0.2) is 9.78 Å². The molecule has 0 aliphatic rings. The molecule has 0 spiro atoms. The fraction of sp³-hybridized carbons (Fsp3) is 0.400. The molecule has 18 heavy (non-hydrogen) atoms. The van der Waals surface area contributed by atoms with E-state index >= 15 is 0 Å². The number of carboxylic acid groups (broad SMARTS) is 1. The Hall–Kier alpha value is -2.22. The van der Waals surface area contributed by atoms with Crippen molar-refractivity contribution in [2.75, 3.05) is 13.7 Å². The predicted molar refractivity (Wildman–Crippen MR) is 59.8 cm³/mol. The van der Waals surface area contributed by atoms with Crippen molar-refractivity contribution in [1.29, 1.82) is 0 Å². The number of hydrogen-bond donors (Lipinski definition) is 1. The normalized spacial score (nSPS) is 11.9. The van der Waals surface area contributed by atoms with E-state index in [-0.39, 0.29) is 12.0 Å². The Kier molecular flexibility index (Phi) is 4.55. The van der Waals surface area contributed by atoms with Crippen LogP contribution in [0.2, 0.25) is 0 Å². The summed E-state index contributed by atoms with van der Waals surface area (Å²) < 4.78 is 10.1. The first kappa shape index (κ1) is 13.8. The van der Waals surface area contributed by atoms with Crippen molar-refractivity contribution < 1.29 is 24.3 Å². The first-order chi connectivity index (χ1) is 8.45. The van der Waals surface area contributed by atoms with Gasteiger partial charge in [-0.15, -0.1) is 0 Å². The molecule has 1 aromatic rings. The topological polar surface area (TPSA) is 112 Å². The van der Waals surface area contributed by atoms with Gasteiger partial charge in [-0.3, -0.25) is 10.1 Å². The van der Waals surface area contributed by atoms with Crippen LogP contribution in [0.25, 0.3) is 0 Å². The third-order valence-electron chi connectivity index (χ3n) is 2.01. The quantitative estimate of drug-likeness (QED) is 0.599. The molecule has 1 N–H and O–H groups in total. The molecule has 0 amide bonds. The highest BCUT2D eigenvalue weighted by atomic mass is 16.6. The summed E-state index contributed by atoms with van der Waals surface area (Å²) in [4.78, 5) is 24.4. The molecule has 1 atom stereocenters. The van der Waals surface area contributed by atoms with Crippen molar-refractivity contribution in [3.8, 4) is 5.88 Å².